The van der Waals surface area contributed by atoms with Crippen LogP contribution in [0.5, 0.6) is 0 Å². The molecule has 3 heteroatoms. The van der Waals surface area contributed by atoms with Gasteiger partial charge in [0.15, 0.2) is 0 Å². The van der Waals surface area contributed by atoms with E-state index in [1.165, 1.54) is 0 Å². The van der Waals surface area contributed by atoms with E-state index in [0.29, 0.717) is 19.3 Å². The highest BCUT2D eigenvalue weighted by Crippen LogP contribution is 2.21. The minimum absolute atomic E-state index is 0.0832. The molecule has 0 aliphatic heterocycles. The van der Waals surface area contributed by atoms with Gasteiger partial charge in [0.2, 0.25) is 0 Å². The molecule has 0 amide bonds. The van der Waals surface area contributed by atoms with Crippen LogP contribution in [0.15, 0.2) is 42.0 Å². The van der Waals surface area contributed by atoms with Crippen molar-refractivity contribution >= 4 is 0 Å². The van der Waals surface area contributed by atoms with E-state index in [0.717, 1.165) is 12.0 Å². The van der Waals surface area contributed by atoms with Gasteiger partial charge in [-0.1, -0.05) is 43.7 Å². The van der Waals surface area contributed by atoms with E-state index in [1.54, 1.807) is 0 Å². The molecule has 0 aliphatic carbocycles. The molecule has 1 atom stereocenters. The van der Waals surface area contributed by atoms with Gasteiger partial charge < -0.3 is 5.11 Å². The van der Waals surface area contributed by atoms with E-state index >= 15 is 0 Å². The van der Waals surface area contributed by atoms with E-state index in [4.69, 9.17) is 0 Å². The molecule has 18 heavy (non-hydrogen) atoms. The Morgan fingerprint density at radius 1 is 1.22 bits per heavy atom. The molecule has 0 saturated heterocycles. The van der Waals surface area contributed by atoms with Gasteiger partial charge in [-0.3, -0.25) is 0 Å². The number of halogens is 2. The van der Waals surface area contributed by atoms with Crippen LogP contribution in [-0.4, -0.2) is 11.2 Å². The molecule has 1 aromatic rings. The Balaban J connectivity index is 2.52. The summed E-state index contributed by atoms with van der Waals surface area (Å²) >= 11 is 0. The summed E-state index contributed by atoms with van der Waals surface area (Å²) < 4.78 is 25.5. The summed E-state index contributed by atoms with van der Waals surface area (Å²) in [5, 5.41) is 9.60. The number of aliphatic hydroxyl groups excluding tert-OH is 1. The Labute approximate surface area is 107 Å². The standard InChI is InChI=1S/C15H20F2O/c1-2-6-14(18)11-13(15(16)17)10-9-12-7-4-3-5-8-12/h3-5,7-8,14,18H,2,6,9-11H2,1H3. The highest BCUT2D eigenvalue weighted by atomic mass is 19.3. The van der Waals surface area contributed by atoms with Crippen molar-refractivity contribution in [3.8, 4) is 0 Å². The molecule has 1 rings (SSSR count). The second-order valence-corrected chi connectivity index (χ2v) is 4.50. The molecular formula is C15H20F2O. The van der Waals surface area contributed by atoms with Crippen molar-refractivity contribution in [2.75, 3.05) is 0 Å². The van der Waals surface area contributed by atoms with Crippen LogP contribution in [0.4, 0.5) is 8.78 Å². The zero-order chi connectivity index (χ0) is 13.4. The maximum Gasteiger partial charge on any atom is 0.269 e. The van der Waals surface area contributed by atoms with Crippen LogP contribution in [0.3, 0.4) is 0 Å². The van der Waals surface area contributed by atoms with Gasteiger partial charge >= 0.3 is 0 Å². The molecule has 0 heterocycles. The van der Waals surface area contributed by atoms with Crippen LogP contribution in [-0.2, 0) is 6.42 Å². The van der Waals surface area contributed by atoms with Gasteiger partial charge in [-0.25, -0.2) is 0 Å². The van der Waals surface area contributed by atoms with E-state index in [-0.39, 0.29) is 12.0 Å². The van der Waals surface area contributed by atoms with Crippen molar-refractivity contribution in [3.05, 3.63) is 47.5 Å². The lowest BCUT2D eigenvalue weighted by Crippen LogP contribution is -2.08. The van der Waals surface area contributed by atoms with Crippen LogP contribution in [0.25, 0.3) is 0 Å². The van der Waals surface area contributed by atoms with E-state index < -0.39 is 12.2 Å². The number of hydrogen-bond donors (Lipinski definition) is 1. The third-order valence-electron chi connectivity index (χ3n) is 2.93. The number of aryl methyl sites for hydroxylation is 1. The second kappa shape index (κ2) is 7.98. The Morgan fingerprint density at radius 3 is 2.44 bits per heavy atom. The fourth-order valence-electron chi connectivity index (χ4n) is 1.93. The van der Waals surface area contributed by atoms with Crippen molar-refractivity contribution in [3.63, 3.8) is 0 Å². The first-order valence-corrected chi connectivity index (χ1v) is 6.38. The molecule has 0 spiro atoms. The Bertz CT molecular complexity index is 369. The lowest BCUT2D eigenvalue weighted by Gasteiger charge is -2.12. The van der Waals surface area contributed by atoms with Crippen molar-refractivity contribution in [2.45, 2.75) is 45.1 Å². The fourth-order valence-corrected chi connectivity index (χ4v) is 1.93. The third kappa shape index (κ3) is 5.41. The first-order chi connectivity index (χ1) is 8.63. The van der Waals surface area contributed by atoms with Gasteiger partial charge in [0.25, 0.3) is 6.08 Å². The monoisotopic (exact) mass is 254 g/mol. The van der Waals surface area contributed by atoms with Crippen LogP contribution in [0.1, 0.15) is 38.2 Å². The van der Waals surface area contributed by atoms with Gasteiger partial charge in [-0.05, 0) is 36.8 Å². The lowest BCUT2D eigenvalue weighted by atomic mass is 9.99. The number of hydrogen-bond acceptors (Lipinski definition) is 1. The average Bonchev–Trinajstić information content (AvgIpc) is 2.35. The van der Waals surface area contributed by atoms with Crippen molar-refractivity contribution in [1.29, 1.82) is 0 Å². The Morgan fingerprint density at radius 2 is 1.89 bits per heavy atom. The molecule has 100 valence electrons. The first kappa shape index (κ1) is 14.8. The maximum absolute atomic E-state index is 12.8. The summed E-state index contributed by atoms with van der Waals surface area (Å²) in [6.45, 7) is 1.93. The van der Waals surface area contributed by atoms with Crippen LogP contribution in [0, 0.1) is 0 Å². The lowest BCUT2D eigenvalue weighted by molar-refractivity contribution is 0.160. The highest BCUT2D eigenvalue weighted by molar-refractivity contribution is 5.17. The molecule has 0 fully saturated rings. The van der Waals surface area contributed by atoms with Crippen molar-refractivity contribution in [1.82, 2.24) is 0 Å². The average molecular weight is 254 g/mol. The summed E-state index contributed by atoms with van der Waals surface area (Å²) in [6.07, 6.45) is 0.0781. The number of aliphatic hydroxyl groups is 1. The highest BCUT2D eigenvalue weighted by Gasteiger charge is 2.12. The zero-order valence-corrected chi connectivity index (χ0v) is 10.7. The molecule has 0 radical (unpaired) electrons. The summed E-state index contributed by atoms with van der Waals surface area (Å²) in [7, 11) is 0. The Hall–Kier alpha value is -1.22. The maximum atomic E-state index is 12.8. The normalized spacial score (nSPS) is 12.2. The van der Waals surface area contributed by atoms with Crippen molar-refractivity contribution in [2.24, 2.45) is 0 Å². The molecule has 1 N–H and O–H groups in total. The second-order valence-electron chi connectivity index (χ2n) is 4.50. The van der Waals surface area contributed by atoms with E-state index in [9.17, 15) is 13.9 Å². The SMILES string of the molecule is CCCC(O)CC(CCc1ccccc1)=C(F)F. The van der Waals surface area contributed by atoms with E-state index in [2.05, 4.69) is 0 Å². The summed E-state index contributed by atoms with van der Waals surface area (Å²) in [4.78, 5) is 0. The van der Waals surface area contributed by atoms with Gasteiger partial charge in [0, 0.05) is 0 Å². The third-order valence-corrected chi connectivity index (χ3v) is 2.93. The minimum atomic E-state index is -1.64. The summed E-state index contributed by atoms with van der Waals surface area (Å²) in [6, 6.07) is 9.56. The smallest absolute Gasteiger partial charge is 0.269 e. The molecule has 1 nitrogen and oxygen atoms in total. The largest absolute Gasteiger partial charge is 0.393 e. The molecule has 0 saturated carbocycles. The molecule has 0 bridgehead atoms. The fraction of sp³-hybridized carbons (Fsp3) is 0.467. The molecule has 1 aromatic carbocycles. The molecule has 0 aliphatic rings. The first-order valence-electron chi connectivity index (χ1n) is 6.38. The molecule has 1 unspecified atom stereocenters. The van der Waals surface area contributed by atoms with Crippen molar-refractivity contribution < 1.29 is 13.9 Å². The topological polar surface area (TPSA) is 20.2 Å². The van der Waals surface area contributed by atoms with Crippen LogP contribution < -0.4 is 0 Å². The van der Waals surface area contributed by atoms with Gasteiger partial charge in [-0.2, -0.15) is 8.78 Å². The van der Waals surface area contributed by atoms with Crippen LogP contribution >= 0.6 is 0 Å². The molecular weight excluding hydrogens is 234 g/mol. The minimum Gasteiger partial charge on any atom is -0.393 e. The predicted octanol–water partition coefficient (Wildman–Crippen LogP) is 4.32. The summed E-state index contributed by atoms with van der Waals surface area (Å²) in [5.41, 5.74) is 1.13. The van der Waals surface area contributed by atoms with Gasteiger partial charge in [-0.15, -0.1) is 0 Å². The zero-order valence-electron chi connectivity index (χ0n) is 10.7. The molecule has 0 aromatic heterocycles. The van der Waals surface area contributed by atoms with Gasteiger partial charge in [0.1, 0.15) is 0 Å². The number of rotatable bonds is 7. The van der Waals surface area contributed by atoms with E-state index in [1.807, 2.05) is 37.3 Å². The van der Waals surface area contributed by atoms with Gasteiger partial charge in [0.05, 0.1) is 6.10 Å². The van der Waals surface area contributed by atoms with Crippen LogP contribution in [0.2, 0.25) is 0 Å². The number of benzene rings is 1. The Kier molecular flexibility index (Phi) is 6.58. The predicted molar refractivity (Wildman–Crippen MR) is 69.5 cm³/mol. The quantitative estimate of drug-likeness (QED) is 0.768. The summed E-state index contributed by atoms with van der Waals surface area (Å²) in [5.74, 6) is 0.